The van der Waals surface area contributed by atoms with Crippen molar-refractivity contribution in [2.45, 2.75) is 18.8 Å². The van der Waals surface area contributed by atoms with Crippen LogP contribution < -0.4 is 4.74 Å². The fraction of sp³-hybridized carbons (Fsp3) is 0.286. The molecule has 2 aromatic carbocycles. The number of piperidine rings is 1. The number of hydrogen-bond acceptors (Lipinski definition) is 5. The molecule has 2 heterocycles. The van der Waals surface area contributed by atoms with Gasteiger partial charge in [-0.25, -0.2) is 0 Å². The average Bonchev–Trinajstić information content (AvgIpc) is 3.24. The van der Waals surface area contributed by atoms with Crippen LogP contribution in [0.15, 0.2) is 48.5 Å². The van der Waals surface area contributed by atoms with Gasteiger partial charge in [-0.05, 0) is 49.2 Å². The van der Waals surface area contributed by atoms with Crippen molar-refractivity contribution in [2.24, 2.45) is 0 Å². The van der Waals surface area contributed by atoms with Gasteiger partial charge in [0.1, 0.15) is 15.8 Å². The molecular weight excluding hydrogens is 394 g/mol. The Morgan fingerprint density at radius 2 is 1.96 bits per heavy atom. The summed E-state index contributed by atoms with van der Waals surface area (Å²) >= 11 is 7.80. The zero-order chi connectivity index (χ0) is 19.5. The zero-order valence-corrected chi connectivity index (χ0v) is 17.0. The lowest BCUT2D eigenvalue weighted by atomic mass is 9.98. The Labute approximate surface area is 172 Å². The maximum atomic E-state index is 12.9. The number of likely N-dealkylation sites (tertiary alicyclic amines) is 1. The second kappa shape index (κ2) is 8.29. The van der Waals surface area contributed by atoms with Gasteiger partial charge in [-0.15, -0.1) is 10.2 Å². The predicted molar refractivity (Wildman–Crippen MR) is 111 cm³/mol. The first-order chi connectivity index (χ1) is 13.7. The van der Waals surface area contributed by atoms with Crippen molar-refractivity contribution in [1.82, 2.24) is 15.1 Å². The van der Waals surface area contributed by atoms with Crippen LogP contribution >= 0.6 is 22.9 Å². The van der Waals surface area contributed by atoms with E-state index in [1.54, 1.807) is 30.6 Å². The standard InChI is InChI=1S/C21H20ClN3O2S/c1-27-16-10-8-14(9-11-16)19-23-24-20(28-19)15-5-4-12-25(13-15)21(26)17-6-2-3-7-18(17)22/h2-3,6-11,15H,4-5,12-13H2,1H3. The maximum absolute atomic E-state index is 12.9. The second-order valence-corrected chi connectivity index (χ2v) is 8.16. The summed E-state index contributed by atoms with van der Waals surface area (Å²) < 4.78 is 5.21. The van der Waals surface area contributed by atoms with Crippen LogP contribution in [0.1, 0.15) is 34.1 Å². The van der Waals surface area contributed by atoms with Crippen molar-refractivity contribution in [3.63, 3.8) is 0 Å². The summed E-state index contributed by atoms with van der Waals surface area (Å²) in [5.41, 5.74) is 1.57. The summed E-state index contributed by atoms with van der Waals surface area (Å²) in [4.78, 5) is 14.8. The highest BCUT2D eigenvalue weighted by molar-refractivity contribution is 7.14. The van der Waals surface area contributed by atoms with E-state index in [0.29, 0.717) is 17.1 Å². The molecule has 1 aliphatic rings. The largest absolute Gasteiger partial charge is 0.497 e. The van der Waals surface area contributed by atoms with Crippen molar-refractivity contribution >= 4 is 28.8 Å². The molecule has 1 unspecified atom stereocenters. The molecule has 1 aromatic heterocycles. The van der Waals surface area contributed by atoms with Crippen LogP contribution in [0.25, 0.3) is 10.6 Å². The molecule has 0 aliphatic carbocycles. The Hall–Kier alpha value is -2.44. The van der Waals surface area contributed by atoms with Gasteiger partial charge in [0, 0.05) is 24.6 Å². The monoisotopic (exact) mass is 413 g/mol. The fourth-order valence-corrected chi connectivity index (χ4v) is 4.61. The molecule has 28 heavy (non-hydrogen) atoms. The Balaban J connectivity index is 1.50. The van der Waals surface area contributed by atoms with E-state index in [1.165, 1.54) is 0 Å². The lowest BCUT2D eigenvalue weighted by molar-refractivity contribution is 0.0707. The highest BCUT2D eigenvalue weighted by Gasteiger charge is 2.28. The molecule has 5 nitrogen and oxygen atoms in total. The number of amides is 1. The maximum Gasteiger partial charge on any atom is 0.255 e. The number of benzene rings is 2. The molecule has 1 amide bonds. The van der Waals surface area contributed by atoms with Crippen LogP contribution in [0, 0.1) is 0 Å². The molecular formula is C21H20ClN3O2S. The third-order valence-electron chi connectivity index (χ3n) is 4.94. The first-order valence-electron chi connectivity index (χ1n) is 9.17. The highest BCUT2D eigenvalue weighted by Crippen LogP contribution is 2.34. The number of ether oxygens (including phenoxy) is 1. The summed E-state index contributed by atoms with van der Waals surface area (Å²) in [7, 11) is 1.65. The van der Waals surface area contributed by atoms with E-state index in [4.69, 9.17) is 16.3 Å². The van der Waals surface area contributed by atoms with Gasteiger partial charge >= 0.3 is 0 Å². The molecule has 0 bridgehead atoms. The number of carbonyl (C=O) groups excluding carboxylic acids is 1. The van der Waals surface area contributed by atoms with Crippen molar-refractivity contribution in [3.8, 4) is 16.3 Å². The summed E-state index contributed by atoms with van der Waals surface area (Å²) in [5, 5.41) is 11.1. The first kappa shape index (κ1) is 18.9. The van der Waals surface area contributed by atoms with Crippen LogP contribution in [-0.4, -0.2) is 41.2 Å². The minimum absolute atomic E-state index is 0.0183. The molecule has 3 aromatic rings. The van der Waals surface area contributed by atoms with Gasteiger partial charge in [-0.3, -0.25) is 4.79 Å². The van der Waals surface area contributed by atoms with Gasteiger partial charge in [0.05, 0.1) is 17.7 Å². The molecule has 0 spiro atoms. The smallest absolute Gasteiger partial charge is 0.255 e. The summed E-state index contributed by atoms with van der Waals surface area (Å²) in [6.45, 7) is 1.38. The average molecular weight is 414 g/mol. The van der Waals surface area contributed by atoms with Gasteiger partial charge in [0.2, 0.25) is 0 Å². The van der Waals surface area contributed by atoms with E-state index < -0.39 is 0 Å². The topological polar surface area (TPSA) is 55.3 Å². The van der Waals surface area contributed by atoms with Gasteiger partial charge < -0.3 is 9.64 Å². The Bertz CT molecular complexity index is 974. The van der Waals surface area contributed by atoms with Crippen molar-refractivity contribution < 1.29 is 9.53 Å². The fourth-order valence-electron chi connectivity index (χ4n) is 3.42. The summed E-state index contributed by atoms with van der Waals surface area (Å²) in [6.07, 6.45) is 1.95. The normalized spacial score (nSPS) is 16.8. The van der Waals surface area contributed by atoms with Crippen LogP contribution in [0.2, 0.25) is 5.02 Å². The van der Waals surface area contributed by atoms with Gasteiger partial charge in [0.25, 0.3) is 5.91 Å². The number of halogens is 1. The van der Waals surface area contributed by atoms with Crippen molar-refractivity contribution in [2.75, 3.05) is 20.2 Å². The third kappa shape index (κ3) is 3.88. The van der Waals surface area contributed by atoms with E-state index in [2.05, 4.69) is 10.2 Å². The van der Waals surface area contributed by atoms with E-state index in [0.717, 1.165) is 40.7 Å². The Morgan fingerprint density at radius 1 is 1.18 bits per heavy atom. The Morgan fingerprint density at radius 3 is 2.71 bits per heavy atom. The second-order valence-electron chi connectivity index (χ2n) is 6.74. The lowest BCUT2D eigenvalue weighted by Crippen LogP contribution is -2.39. The summed E-state index contributed by atoms with van der Waals surface area (Å²) in [6, 6.07) is 15.0. The summed E-state index contributed by atoms with van der Waals surface area (Å²) in [5.74, 6) is 0.995. The number of nitrogens with zero attached hydrogens (tertiary/aromatic N) is 3. The van der Waals surface area contributed by atoms with Crippen molar-refractivity contribution in [3.05, 3.63) is 64.1 Å². The molecule has 4 rings (SSSR count). The number of methoxy groups -OCH3 is 1. The Kier molecular flexibility index (Phi) is 5.59. The minimum Gasteiger partial charge on any atom is -0.497 e. The molecule has 144 valence electrons. The minimum atomic E-state index is -0.0183. The molecule has 0 N–H and O–H groups in total. The van der Waals surface area contributed by atoms with E-state index in [1.807, 2.05) is 41.3 Å². The molecule has 1 aliphatic heterocycles. The quantitative estimate of drug-likeness (QED) is 0.611. The molecule has 1 fully saturated rings. The first-order valence-corrected chi connectivity index (χ1v) is 10.4. The number of carbonyl (C=O) groups is 1. The molecule has 0 radical (unpaired) electrons. The van der Waals surface area contributed by atoms with Gasteiger partial charge in [-0.1, -0.05) is 35.1 Å². The van der Waals surface area contributed by atoms with Crippen LogP contribution in [0.4, 0.5) is 0 Å². The molecule has 0 saturated carbocycles. The predicted octanol–water partition coefficient (Wildman–Crippen LogP) is 4.89. The van der Waals surface area contributed by atoms with E-state index in [-0.39, 0.29) is 11.8 Å². The van der Waals surface area contributed by atoms with Crippen LogP contribution in [0.3, 0.4) is 0 Å². The van der Waals surface area contributed by atoms with E-state index in [9.17, 15) is 4.79 Å². The molecule has 7 heteroatoms. The zero-order valence-electron chi connectivity index (χ0n) is 15.5. The van der Waals surface area contributed by atoms with Gasteiger partial charge in [0.15, 0.2) is 0 Å². The third-order valence-corrected chi connectivity index (χ3v) is 6.40. The number of aromatic nitrogens is 2. The van der Waals surface area contributed by atoms with Crippen molar-refractivity contribution in [1.29, 1.82) is 0 Å². The van der Waals surface area contributed by atoms with Crippen LogP contribution in [0.5, 0.6) is 5.75 Å². The number of rotatable bonds is 4. The molecule has 1 saturated heterocycles. The van der Waals surface area contributed by atoms with Crippen LogP contribution in [-0.2, 0) is 0 Å². The highest BCUT2D eigenvalue weighted by atomic mass is 35.5. The molecule has 1 atom stereocenters. The lowest BCUT2D eigenvalue weighted by Gasteiger charge is -2.31. The number of hydrogen-bond donors (Lipinski definition) is 0. The van der Waals surface area contributed by atoms with Gasteiger partial charge in [-0.2, -0.15) is 0 Å². The SMILES string of the molecule is COc1ccc(-c2nnc(C3CCCN(C(=O)c4ccccc4Cl)C3)s2)cc1. The van der Waals surface area contributed by atoms with E-state index >= 15 is 0 Å².